The highest BCUT2D eigenvalue weighted by atomic mass is 16.5. The average molecular weight is 270 g/mol. The number of aromatic nitrogens is 4. The van der Waals surface area contributed by atoms with Crippen LogP contribution in [-0.2, 0) is 11.8 Å². The summed E-state index contributed by atoms with van der Waals surface area (Å²) < 4.78 is 8.59. The minimum absolute atomic E-state index is 0.345. The fourth-order valence-corrected chi connectivity index (χ4v) is 2.06. The lowest BCUT2D eigenvalue weighted by molar-refractivity contribution is 0.0518. The minimum atomic E-state index is -0.370. The van der Waals surface area contributed by atoms with E-state index < -0.39 is 0 Å². The third kappa shape index (κ3) is 2.05. The van der Waals surface area contributed by atoms with Gasteiger partial charge in [0.15, 0.2) is 5.69 Å². The molecule has 0 bridgehead atoms. The van der Waals surface area contributed by atoms with Crippen LogP contribution in [0.3, 0.4) is 0 Å². The van der Waals surface area contributed by atoms with E-state index in [4.69, 9.17) is 4.74 Å². The smallest absolute Gasteiger partial charge is 0.356 e. The van der Waals surface area contributed by atoms with Crippen LogP contribution in [-0.4, -0.2) is 31.5 Å². The molecule has 0 aliphatic heterocycles. The number of fused-ring (bicyclic) bond motifs is 1. The molecule has 0 amide bonds. The Morgan fingerprint density at radius 1 is 1.40 bits per heavy atom. The van der Waals surface area contributed by atoms with Crippen LogP contribution in [0.25, 0.3) is 16.9 Å². The van der Waals surface area contributed by atoms with Gasteiger partial charge in [-0.25, -0.2) is 14.8 Å². The number of hydrogen-bond acceptors (Lipinski definition) is 4. The summed E-state index contributed by atoms with van der Waals surface area (Å²) in [7, 11) is 1.92. The largest absolute Gasteiger partial charge is 0.461 e. The van der Waals surface area contributed by atoms with E-state index in [1.54, 1.807) is 23.8 Å². The van der Waals surface area contributed by atoms with E-state index in [2.05, 4.69) is 9.97 Å². The zero-order chi connectivity index (χ0) is 14.1. The first-order chi connectivity index (χ1) is 9.69. The molecule has 3 rings (SSSR count). The lowest BCUT2D eigenvalue weighted by Crippen LogP contribution is -2.07. The lowest BCUT2D eigenvalue weighted by atomic mass is 10.2. The van der Waals surface area contributed by atoms with Gasteiger partial charge in [-0.05, 0) is 19.1 Å². The zero-order valence-electron chi connectivity index (χ0n) is 11.3. The fraction of sp³-hybridized carbons (Fsp3) is 0.214. The van der Waals surface area contributed by atoms with E-state index in [1.165, 1.54) is 6.20 Å². The quantitative estimate of drug-likeness (QED) is 0.682. The van der Waals surface area contributed by atoms with Crippen LogP contribution < -0.4 is 0 Å². The third-order valence-corrected chi connectivity index (χ3v) is 3.00. The Kier molecular flexibility index (Phi) is 2.98. The number of carbonyl (C=O) groups is 1. The Labute approximate surface area is 115 Å². The Bertz CT molecular complexity index is 772. The first-order valence-corrected chi connectivity index (χ1v) is 6.31. The van der Waals surface area contributed by atoms with Crippen molar-refractivity contribution in [1.29, 1.82) is 0 Å². The molecule has 3 aromatic rings. The molecule has 0 unspecified atom stereocenters. The van der Waals surface area contributed by atoms with Gasteiger partial charge in [-0.3, -0.25) is 4.40 Å². The molecular weight excluding hydrogens is 256 g/mol. The van der Waals surface area contributed by atoms with E-state index in [0.29, 0.717) is 17.9 Å². The molecular formula is C14H14N4O2. The molecule has 102 valence electrons. The van der Waals surface area contributed by atoms with Gasteiger partial charge in [0.2, 0.25) is 0 Å². The lowest BCUT2D eigenvalue weighted by Gasteiger charge is -2.02. The summed E-state index contributed by atoms with van der Waals surface area (Å²) in [5.74, 6) is -0.370. The average Bonchev–Trinajstić information content (AvgIpc) is 3.04. The van der Waals surface area contributed by atoms with E-state index in [1.807, 2.05) is 29.9 Å². The van der Waals surface area contributed by atoms with E-state index in [0.717, 1.165) is 11.3 Å². The number of ether oxygens (including phenoxy) is 1. The molecule has 0 aromatic carbocycles. The first-order valence-electron chi connectivity index (χ1n) is 6.31. The number of pyridine rings is 1. The zero-order valence-corrected chi connectivity index (χ0v) is 11.3. The van der Waals surface area contributed by atoms with Crippen LogP contribution in [0.5, 0.6) is 0 Å². The van der Waals surface area contributed by atoms with Crippen molar-refractivity contribution in [3.63, 3.8) is 0 Å². The second kappa shape index (κ2) is 4.80. The van der Waals surface area contributed by atoms with Crippen LogP contribution in [0.1, 0.15) is 17.4 Å². The molecule has 0 saturated carbocycles. The van der Waals surface area contributed by atoms with Crippen LogP contribution in [0.4, 0.5) is 0 Å². The molecule has 0 radical (unpaired) electrons. The summed E-state index contributed by atoms with van der Waals surface area (Å²) in [6.45, 7) is 2.12. The van der Waals surface area contributed by atoms with E-state index in [-0.39, 0.29) is 5.97 Å². The van der Waals surface area contributed by atoms with Crippen molar-refractivity contribution in [2.45, 2.75) is 6.92 Å². The minimum Gasteiger partial charge on any atom is -0.461 e. The number of nitrogens with zero attached hydrogens (tertiary/aromatic N) is 4. The monoisotopic (exact) mass is 270 g/mol. The maximum atomic E-state index is 11.8. The second-order valence-electron chi connectivity index (χ2n) is 4.43. The van der Waals surface area contributed by atoms with Crippen molar-refractivity contribution in [3.05, 3.63) is 42.7 Å². The van der Waals surface area contributed by atoms with Gasteiger partial charge in [-0.2, -0.15) is 0 Å². The number of hydrogen-bond donors (Lipinski definition) is 0. The highest BCUT2D eigenvalue weighted by molar-refractivity contribution is 5.88. The van der Waals surface area contributed by atoms with Crippen LogP contribution in [0.15, 0.2) is 37.1 Å². The predicted octanol–water partition coefficient (Wildman–Crippen LogP) is 1.91. The third-order valence-electron chi connectivity index (χ3n) is 3.00. The van der Waals surface area contributed by atoms with Gasteiger partial charge in [0.1, 0.15) is 5.65 Å². The molecule has 3 aromatic heterocycles. The van der Waals surface area contributed by atoms with Crippen molar-refractivity contribution in [3.8, 4) is 11.3 Å². The van der Waals surface area contributed by atoms with Gasteiger partial charge >= 0.3 is 5.97 Å². The molecule has 6 nitrogen and oxygen atoms in total. The molecule has 20 heavy (non-hydrogen) atoms. The molecule has 0 aliphatic carbocycles. The molecule has 0 atom stereocenters. The van der Waals surface area contributed by atoms with Crippen molar-refractivity contribution in [1.82, 2.24) is 18.9 Å². The van der Waals surface area contributed by atoms with Crippen LogP contribution >= 0.6 is 0 Å². The van der Waals surface area contributed by atoms with Crippen LogP contribution in [0.2, 0.25) is 0 Å². The van der Waals surface area contributed by atoms with Crippen molar-refractivity contribution >= 4 is 11.6 Å². The Morgan fingerprint density at radius 2 is 2.25 bits per heavy atom. The maximum Gasteiger partial charge on any atom is 0.356 e. The highest BCUT2D eigenvalue weighted by Crippen LogP contribution is 2.19. The number of carbonyl (C=O) groups excluding carboxylic acids is 1. The molecule has 0 saturated heterocycles. The summed E-state index contributed by atoms with van der Waals surface area (Å²) in [4.78, 5) is 20.3. The fourth-order valence-electron chi connectivity index (χ4n) is 2.06. The Hall–Kier alpha value is -2.63. The summed E-state index contributed by atoms with van der Waals surface area (Å²) >= 11 is 0. The number of rotatable bonds is 3. The highest BCUT2D eigenvalue weighted by Gasteiger charge is 2.13. The van der Waals surface area contributed by atoms with Gasteiger partial charge in [0.05, 0.1) is 24.8 Å². The van der Waals surface area contributed by atoms with Gasteiger partial charge in [0, 0.05) is 25.0 Å². The molecule has 0 N–H and O–H groups in total. The summed E-state index contributed by atoms with van der Waals surface area (Å²) in [6, 6.07) is 3.80. The summed E-state index contributed by atoms with van der Waals surface area (Å²) in [5, 5.41) is 0. The normalized spacial score (nSPS) is 10.9. The topological polar surface area (TPSA) is 61.4 Å². The van der Waals surface area contributed by atoms with E-state index in [9.17, 15) is 4.79 Å². The first kappa shape index (κ1) is 12.4. The summed E-state index contributed by atoms with van der Waals surface area (Å²) in [6.07, 6.45) is 7.00. The molecule has 0 fully saturated rings. The van der Waals surface area contributed by atoms with Gasteiger partial charge < -0.3 is 9.30 Å². The Morgan fingerprint density at radius 3 is 2.95 bits per heavy atom. The Balaban J connectivity index is 2.03. The van der Waals surface area contributed by atoms with Crippen LogP contribution in [0, 0.1) is 0 Å². The number of aryl methyl sites for hydroxylation is 1. The number of imidazole rings is 2. The van der Waals surface area contributed by atoms with Gasteiger partial charge in [-0.1, -0.05) is 0 Å². The van der Waals surface area contributed by atoms with Gasteiger partial charge in [-0.15, -0.1) is 0 Å². The maximum absolute atomic E-state index is 11.8. The van der Waals surface area contributed by atoms with Crippen molar-refractivity contribution in [2.24, 2.45) is 7.05 Å². The molecule has 0 aliphatic rings. The second-order valence-corrected chi connectivity index (χ2v) is 4.43. The summed E-state index contributed by atoms with van der Waals surface area (Å²) in [5.41, 5.74) is 2.94. The van der Waals surface area contributed by atoms with E-state index >= 15 is 0 Å². The predicted molar refractivity (Wildman–Crippen MR) is 73.4 cm³/mol. The number of esters is 1. The SMILES string of the molecule is CCOC(=O)c1cnc2cc(-c3cn(C)cn3)ccn12. The molecule has 3 heterocycles. The molecule has 0 spiro atoms. The van der Waals surface area contributed by atoms with Gasteiger partial charge in [0.25, 0.3) is 0 Å². The molecule has 6 heteroatoms. The van der Waals surface area contributed by atoms with Crippen molar-refractivity contribution in [2.75, 3.05) is 6.61 Å². The standard InChI is InChI=1S/C14H14N4O2/c1-3-20-14(19)12-7-15-13-6-10(4-5-18(12)13)11-8-17(2)9-16-11/h4-9H,3H2,1-2H3. The van der Waals surface area contributed by atoms with Crippen molar-refractivity contribution < 1.29 is 9.53 Å².